The lowest BCUT2D eigenvalue weighted by atomic mass is 10.2. The van der Waals surface area contributed by atoms with Crippen molar-refractivity contribution in [3.63, 3.8) is 0 Å². The first-order chi connectivity index (χ1) is 9.97. The van der Waals surface area contributed by atoms with Crippen molar-refractivity contribution in [2.24, 2.45) is 11.0 Å². The molecule has 1 heterocycles. The van der Waals surface area contributed by atoms with Crippen LogP contribution in [-0.4, -0.2) is 16.0 Å². The molecule has 0 unspecified atom stereocenters. The highest BCUT2D eigenvalue weighted by Gasteiger charge is 2.12. The first kappa shape index (κ1) is 15.6. The zero-order valence-electron chi connectivity index (χ0n) is 12.9. The number of halogens is 1. The molecule has 2 aromatic rings. The molecule has 0 radical (unpaired) electrons. The molecule has 0 amide bonds. The van der Waals surface area contributed by atoms with Gasteiger partial charge in [-0.25, -0.2) is 0 Å². The van der Waals surface area contributed by atoms with Crippen LogP contribution in [0.2, 0.25) is 5.15 Å². The third kappa shape index (κ3) is 4.08. The van der Waals surface area contributed by atoms with E-state index >= 15 is 0 Å². The molecule has 0 aliphatic rings. The predicted molar refractivity (Wildman–Crippen MR) is 89.2 cm³/mol. The Morgan fingerprint density at radius 3 is 2.57 bits per heavy atom. The van der Waals surface area contributed by atoms with Crippen LogP contribution in [0, 0.1) is 19.8 Å². The summed E-state index contributed by atoms with van der Waals surface area (Å²) in [7, 11) is 0. The van der Waals surface area contributed by atoms with E-state index in [0.29, 0.717) is 11.1 Å². The Balaban J connectivity index is 2.10. The van der Waals surface area contributed by atoms with Gasteiger partial charge in [0, 0.05) is 6.54 Å². The SMILES string of the molecule is Cc1ccc(N/N=C\c2c(C)nn(CC(C)C)c2Cl)cc1. The normalized spacial score (nSPS) is 11.5. The number of rotatable bonds is 5. The molecule has 0 atom stereocenters. The standard InChI is InChI=1S/C16H21ClN4/c1-11(2)10-21-16(17)15(13(4)20-21)9-18-19-14-7-5-12(3)6-8-14/h5-9,11,19H,10H2,1-4H3/b18-9-. The summed E-state index contributed by atoms with van der Waals surface area (Å²) in [6, 6.07) is 8.06. The smallest absolute Gasteiger partial charge is 0.136 e. The Morgan fingerprint density at radius 2 is 1.95 bits per heavy atom. The minimum Gasteiger partial charge on any atom is -0.279 e. The third-order valence-corrected chi connectivity index (χ3v) is 3.49. The maximum absolute atomic E-state index is 6.36. The first-order valence-electron chi connectivity index (χ1n) is 7.06. The average molecular weight is 305 g/mol. The summed E-state index contributed by atoms with van der Waals surface area (Å²) in [4.78, 5) is 0. The maximum atomic E-state index is 6.36. The fourth-order valence-electron chi connectivity index (χ4n) is 1.98. The zero-order valence-corrected chi connectivity index (χ0v) is 13.6. The van der Waals surface area contributed by atoms with E-state index in [1.54, 1.807) is 6.21 Å². The molecule has 0 saturated carbocycles. The lowest BCUT2D eigenvalue weighted by molar-refractivity contribution is 0.482. The second-order valence-electron chi connectivity index (χ2n) is 5.60. The molecule has 0 saturated heterocycles. The van der Waals surface area contributed by atoms with Gasteiger partial charge in [-0.2, -0.15) is 10.2 Å². The van der Waals surface area contributed by atoms with Crippen molar-refractivity contribution in [2.45, 2.75) is 34.2 Å². The minimum atomic E-state index is 0.497. The van der Waals surface area contributed by atoms with Gasteiger partial charge in [0.05, 0.1) is 23.2 Å². The van der Waals surface area contributed by atoms with Crippen LogP contribution in [0.5, 0.6) is 0 Å². The number of hydrogen-bond donors (Lipinski definition) is 1. The highest BCUT2D eigenvalue weighted by atomic mass is 35.5. The summed E-state index contributed by atoms with van der Waals surface area (Å²) in [6.07, 6.45) is 1.72. The largest absolute Gasteiger partial charge is 0.279 e. The number of nitrogens with one attached hydrogen (secondary N) is 1. The van der Waals surface area contributed by atoms with Gasteiger partial charge in [0.15, 0.2) is 0 Å². The Labute approximate surface area is 130 Å². The molecule has 0 aliphatic heterocycles. The summed E-state index contributed by atoms with van der Waals surface area (Å²) in [5.74, 6) is 0.497. The molecule has 0 bridgehead atoms. The highest BCUT2D eigenvalue weighted by Crippen LogP contribution is 2.19. The maximum Gasteiger partial charge on any atom is 0.136 e. The molecule has 1 aromatic heterocycles. The van der Waals surface area contributed by atoms with Crippen molar-refractivity contribution >= 4 is 23.5 Å². The van der Waals surface area contributed by atoms with Crippen molar-refractivity contribution in [3.05, 3.63) is 46.2 Å². The summed E-state index contributed by atoms with van der Waals surface area (Å²) >= 11 is 6.36. The predicted octanol–water partition coefficient (Wildman–Crippen LogP) is 4.26. The Hall–Kier alpha value is -1.81. The van der Waals surface area contributed by atoms with E-state index in [4.69, 9.17) is 11.6 Å². The molecule has 2 rings (SSSR count). The van der Waals surface area contributed by atoms with Gasteiger partial charge < -0.3 is 0 Å². The van der Waals surface area contributed by atoms with Gasteiger partial charge in [0.1, 0.15) is 5.15 Å². The number of aromatic nitrogens is 2. The van der Waals surface area contributed by atoms with Crippen LogP contribution in [0.4, 0.5) is 5.69 Å². The minimum absolute atomic E-state index is 0.497. The molecule has 0 spiro atoms. The van der Waals surface area contributed by atoms with Crippen LogP contribution < -0.4 is 5.43 Å². The van der Waals surface area contributed by atoms with Gasteiger partial charge in [-0.1, -0.05) is 43.1 Å². The van der Waals surface area contributed by atoms with Gasteiger partial charge in [-0.3, -0.25) is 10.1 Å². The van der Waals surface area contributed by atoms with Crippen molar-refractivity contribution in [3.8, 4) is 0 Å². The van der Waals surface area contributed by atoms with E-state index in [0.717, 1.165) is 23.5 Å². The van der Waals surface area contributed by atoms with E-state index in [9.17, 15) is 0 Å². The quantitative estimate of drug-likeness (QED) is 0.662. The molecule has 0 fully saturated rings. The van der Waals surface area contributed by atoms with Gasteiger partial charge >= 0.3 is 0 Å². The zero-order chi connectivity index (χ0) is 15.4. The topological polar surface area (TPSA) is 42.2 Å². The lowest BCUT2D eigenvalue weighted by Gasteiger charge is -2.05. The molecule has 5 heteroatoms. The van der Waals surface area contributed by atoms with Crippen LogP contribution in [0.1, 0.15) is 30.7 Å². The second-order valence-corrected chi connectivity index (χ2v) is 5.96. The van der Waals surface area contributed by atoms with Crippen molar-refractivity contribution in [2.75, 3.05) is 5.43 Å². The molecular formula is C16H21ClN4. The molecule has 0 aliphatic carbocycles. The summed E-state index contributed by atoms with van der Waals surface area (Å²) in [6.45, 7) is 9.08. The third-order valence-electron chi connectivity index (χ3n) is 3.09. The summed E-state index contributed by atoms with van der Waals surface area (Å²) in [5.41, 5.74) is 6.91. The van der Waals surface area contributed by atoms with Crippen molar-refractivity contribution in [1.82, 2.24) is 9.78 Å². The number of hydrogen-bond acceptors (Lipinski definition) is 3. The fraction of sp³-hybridized carbons (Fsp3) is 0.375. The van der Waals surface area contributed by atoms with Crippen LogP contribution in [-0.2, 0) is 6.54 Å². The van der Waals surface area contributed by atoms with E-state index in [2.05, 4.69) is 36.4 Å². The average Bonchev–Trinajstić information content (AvgIpc) is 2.67. The van der Waals surface area contributed by atoms with Gasteiger partial charge in [0.2, 0.25) is 0 Å². The molecule has 1 aromatic carbocycles. The number of hydrazone groups is 1. The monoisotopic (exact) mass is 304 g/mol. The lowest BCUT2D eigenvalue weighted by Crippen LogP contribution is -2.06. The summed E-state index contributed by atoms with van der Waals surface area (Å²) < 4.78 is 1.83. The fourth-order valence-corrected chi connectivity index (χ4v) is 2.27. The van der Waals surface area contributed by atoms with E-state index in [-0.39, 0.29) is 0 Å². The van der Waals surface area contributed by atoms with Crippen LogP contribution in [0.25, 0.3) is 0 Å². The Kier molecular flexibility index (Phi) is 5.02. The van der Waals surface area contributed by atoms with Gasteiger partial charge in [-0.15, -0.1) is 0 Å². The molecule has 4 nitrogen and oxygen atoms in total. The number of nitrogens with zero attached hydrogens (tertiary/aromatic N) is 3. The number of benzene rings is 1. The van der Waals surface area contributed by atoms with E-state index < -0.39 is 0 Å². The van der Waals surface area contributed by atoms with E-state index in [1.165, 1.54) is 5.56 Å². The molecule has 1 N–H and O–H groups in total. The Bertz CT molecular complexity index is 626. The molecule has 112 valence electrons. The number of anilines is 1. The van der Waals surface area contributed by atoms with E-state index in [1.807, 2.05) is 35.9 Å². The summed E-state index contributed by atoms with van der Waals surface area (Å²) in [5, 5.41) is 9.33. The van der Waals surface area contributed by atoms with Gasteiger partial charge in [0.25, 0.3) is 0 Å². The number of aryl methyl sites for hydroxylation is 2. The van der Waals surface area contributed by atoms with Gasteiger partial charge in [-0.05, 0) is 31.9 Å². The van der Waals surface area contributed by atoms with Crippen LogP contribution in [0.15, 0.2) is 29.4 Å². The molecule has 21 heavy (non-hydrogen) atoms. The van der Waals surface area contributed by atoms with Crippen molar-refractivity contribution < 1.29 is 0 Å². The van der Waals surface area contributed by atoms with Crippen molar-refractivity contribution in [1.29, 1.82) is 0 Å². The first-order valence-corrected chi connectivity index (χ1v) is 7.44. The van der Waals surface area contributed by atoms with Crippen LogP contribution >= 0.6 is 11.6 Å². The highest BCUT2D eigenvalue weighted by molar-refractivity contribution is 6.32. The Morgan fingerprint density at radius 1 is 1.29 bits per heavy atom. The second kappa shape index (κ2) is 6.76. The van der Waals surface area contributed by atoms with Crippen LogP contribution in [0.3, 0.4) is 0 Å². The molecular weight excluding hydrogens is 284 g/mol.